The Morgan fingerprint density at radius 3 is 2.74 bits per heavy atom. The summed E-state index contributed by atoms with van der Waals surface area (Å²) >= 11 is 0. The van der Waals surface area contributed by atoms with Crippen LogP contribution in [0.25, 0.3) is 33.8 Å². The van der Waals surface area contributed by atoms with E-state index in [1.54, 1.807) is 12.1 Å². The highest BCUT2D eigenvalue weighted by Gasteiger charge is 2.14. The molecule has 0 spiro atoms. The summed E-state index contributed by atoms with van der Waals surface area (Å²) in [5.74, 6) is -0.315. The van der Waals surface area contributed by atoms with E-state index in [0.717, 1.165) is 16.5 Å². The summed E-state index contributed by atoms with van der Waals surface area (Å²) in [5, 5.41) is 18.2. The Hall–Kier alpha value is -3.41. The highest BCUT2D eigenvalue weighted by Crippen LogP contribution is 2.29. The molecule has 0 atom stereocenters. The number of hydrogen-bond acceptors (Lipinski definition) is 4. The molecule has 4 aromatic rings. The summed E-state index contributed by atoms with van der Waals surface area (Å²) in [6.07, 6.45) is 1.85. The predicted molar refractivity (Wildman–Crippen MR) is 84.0 cm³/mol. The van der Waals surface area contributed by atoms with Gasteiger partial charge >= 0.3 is 5.97 Å². The van der Waals surface area contributed by atoms with Crippen LogP contribution in [0.2, 0.25) is 0 Å². The number of H-pyrrole nitrogens is 1. The maximum absolute atomic E-state index is 11.1. The minimum absolute atomic E-state index is 0.176. The first-order chi connectivity index (χ1) is 11.2. The van der Waals surface area contributed by atoms with E-state index in [4.69, 9.17) is 9.52 Å². The summed E-state index contributed by atoms with van der Waals surface area (Å²) in [4.78, 5) is 14.2. The number of aromatic amines is 1. The minimum Gasteiger partial charge on any atom is -0.478 e. The van der Waals surface area contributed by atoms with Crippen LogP contribution in [0.15, 0.2) is 59.1 Å². The SMILES string of the molecule is O=C(O)c1cccc(-c2nnc(-c3cccc4[nH]ccc34)o2)c1. The molecule has 23 heavy (non-hydrogen) atoms. The van der Waals surface area contributed by atoms with Crippen molar-refractivity contribution in [3.8, 4) is 22.9 Å². The molecule has 0 saturated heterocycles. The van der Waals surface area contributed by atoms with Crippen LogP contribution < -0.4 is 0 Å². The molecule has 0 aliphatic rings. The van der Waals surface area contributed by atoms with Crippen LogP contribution in [0.4, 0.5) is 0 Å². The van der Waals surface area contributed by atoms with Gasteiger partial charge < -0.3 is 14.5 Å². The number of nitrogens with zero attached hydrogens (tertiary/aromatic N) is 2. The molecular weight excluding hydrogens is 294 g/mol. The lowest BCUT2D eigenvalue weighted by molar-refractivity contribution is 0.0697. The van der Waals surface area contributed by atoms with Gasteiger partial charge in [0, 0.05) is 28.2 Å². The summed E-state index contributed by atoms with van der Waals surface area (Å²) < 4.78 is 5.74. The van der Waals surface area contributed by atoms with Crippen LogP contribution in [0.5, 0.6) is 0 Å². The van der Waals surface area contributed by atoms with Crippen molar-refractivity contribution in [2.45, 2.75) is 0 Å². The van der Waals surface area contributed by atoms with E-state index in [1.165, 1.54) is 12.1 Å². The number of carboxylic acid groups (broad SMARTS) is 1. The number of aromatic nitrogens is 3. The van der Waals surface area contributed by atoms with Gasteiger partial charge in [0.15, 0.2) is 0 Å². The van der Waals surface area contributed by atoms with Gasteiger partial charge in [0.05, 0.1) is 5.56 Å². The standard InChI is InChI=1S/C17H11N3O3/c21-17(22)11-4-1-3-10(9-11)15-19-20-16(23-15)13-5-2-6-14-12(13)7-8-18-14/h1-9,18H,(H,21,22). The minimum atomic E-state index is -0.997. The van der Waals surface area contributed by atoms with Gasteiger partial charge in [-0.25, -0.2) is 4.79 Å². The van der Waals surface area contributed by atoms with Crippen LogP contribution in [0.3, 0.4) is 0 Å². The molecule has 2 aromatic heterocycles. The fraction of sp³-hybridized carbons (Fsp3) is 0. The number of hydrogen-bond donors (Lipinski definition) is 2. The molecule has 0 unspecified atom stereocenters. The third-order valence-corrected chi connectivity index (χ3v) is 3.61. The first-order valence-electron chi connectivity index (χ1n) is 6.96. The van der Waals surface area contributed by atoms with Crippen LogP contribution in [0, 0.1) is 0 Å². The molecule has 0 fully saturated rings. The van der Waals surface area contributed by atoms with Crippen molar-refractivity contribution in [3.05, 3.63) is 60.3 Å². The summed E-state index contributed by atoms with van der Waals surface area (Å²) in [6, 6.07) is 14.1. The Balaban J connectivity index is 1.79. The summed E-state index contributed by atoms with van der Waals surface area (Å²) in [6.45, 7) is 0. The molecule has 0 bridgehead atoms. The van der Waals surface area contributed by atoms with Crippen molar-refractivity contribution in [1.29, 1.82) is 0 Å². The largest absolute Gasteiger partial charge is 0.478 e. The normalized spacial score (nSPS) is 11.0. The maximum Gasteiger partial charge on any atom is 0.335 e. The van der Waals surface area contributed by atoms with Gasteiger partial charge in [-0.3, -0.25) is 0 Å². The Morgan fingerprint density at radius 1 is 1.04 bits per heavy atom. The van der Waals surface area contributed by atoms with E-state index >= 15 is 0 Å². The molecule has 0 saturated carbocycles. The number of nitrogens with one attached hydrogen (secondary N) is 1. The number of aromatic carboxylic acids is 1. The first-order valence-corrected chi connectivity index (χ1v) is 6.96. The second-order valence-corrected chi connectivity index (χ2v) is 5.04. The third kappa shape index (κ3) is 2.26. The Labute approximate surface area is 130 Å². The fourth-order valence-electron chi connectivity index (χ4n) is 2.51. The lowest BCUT2D eigenvalue weighted by Gasteiger charge is -1.98. The highest BCUT2D eigenvalue weighted by molar-refractivity contribution is 5.93. The van der Waals surface area contributed by atoms with E-state index in [-0.39, 0.29) is 11.5 Å². The second-order valence-electron chi connectivity index (χ2n) is 5.04. The van der Waals surface area contributed by atoms with Gasteiger partial charge in [-0.2, -0.15) is 0 Å². The molecule has 0 amide bonds. The van der Waals surface area contributed by atoms with Crippen LogP contribution in [-0.2, 0) is 0 Å². The average molecular weight is 305 g/mol. The molecule has 112 valence electrons. The van der Waals surface area contributed by atoms with Gasteiger partial charge in [-0.05, 0) is 36.4 Å². The maximum atomic E-state index is 11.1. The molecule has 2 heterocycles. The van der Waals surface area contributed by atoms with Crippen molar-refractivity contribution in [2.75, 3.05) is 0 Å². The van der Waals surface area contributed by atoms with Crippen molar-refractivity contribution in [3.63, 3.8) is 0 Å². The fourth-order valence-corrected chi connectivity index (χ4v) is 2.51. The first kappa shape index (κ1) is 13.3. The van der Waals surface area contributed by atoms with Gasteiger partial charge in [-0.15, -0.1) is 10.2 Å². The van der Waals surface area contributed by atoms with Gasteiger partial charge in [0.1, 0.15) is 0 Å². The van der Waals surface area contributed by atoms with Crippen molar-refractivity contribution < 1.29 is 14.3 Å². The van der Waals surface area contributed by atoms with Crippen LogP contribution >= 0.6 is 0 Å². The van der Waals surface area contributed by atoms with Gasteiger partial charge in [0.25, 0.3) is 0 Å². The molecule has 0 aliphatic carbocycles. The molecular formula is C17H11N3O3. The molecule has 6 nitrogen and oxygen atoms in total. The molecule has 2 aromatic carbocycles. The lowest BCUT2D eigenvalue weighted by atomic mass is 10.1. The van der Waals surface area contributed by atoms with E-state index < -0.39 is 5.97 Å². The van der Waals surface area contributed by atoms with E-state index in [0.29, 0.717) is 11.5 Å². The van der Waals surface area contributed by atoms with E-state index in [1.807, 2.05) is 30.5 Å². The van der Waals surface area contributed by atoms with Gasteiger partial charge in [0.2, 0.25) is 11.8 Å². The number of fused-ring (bicyclic) bond motifs is 1. The zero-order valence-electron chi connectivity index (χ0n) is 11.9. The van der Waals surface area contributed by atoms with E-state index in [9.17, 15) is 4.79 Å². The van der Waals surface area contributed by atoms with Crippen molar-refractivity contribution in [2.24, 2.45) is 0 Å². The highest BCUT2D eigenvalue weighted by atomic mass is 16.4. The second kappa shape index (κ2) is 5.10. The average Bonchev–Trinajstić information content (AvgIpc) is 3.24. The zero-order chi connectivity index (χ0) is 15.8. The Bertz CT molecular complexity index is 1020. The van der Waals surface area contributed by atoms with Gasteiger partial charge in [-0.1, -0.05) is 12.1 Å². The quantitative estimate of drug-likeness (QED) is 0.603. The zero-order valence-corrected chi connectivity index (χ0v) is 11.9. The molecule has 6 heteroatoms. The summed E-state index contributed by atoms with van der Waals surface area (Å²) in [7, 11) is 0. The van der Waals surface area contributed by atoms with Crippen LogP contribution in [-0.4, -0.2) is 26.3 Å². The van der Waals surface area contributed by atoms with Crippen molar-refractivity contribution in [1.82, 2.24) is 15.2 Å². The van der Waals surface area contributed by atoms with Crippen molar-refractivity contribution >= 4 is 16.9 Å². The smallest absolute Gasteiger partial charge is 0.335 e. The molecule has 0 aliphatic heterocycles. The number of carbonyl (C=O) groups is 1. The Kier molecular flexibility index (Phi) is 2.94. The number of carboxylic acids is 1. The van der Waals surface area contributed by atoms with E-state index in [2.05, 4.69) is 15.2 Å². The molecule has 2 N–H and O–H groups in total. The Morgan fingerprint density at radius 2 is 1.87 bits per heavy atom. The predicted octanol–water partition coefficient (Wildman–Crippen LogP) is 3.58. The topological polar surface area (TPSA) is 92.0 Å². The third-order valence-electron chi connectivity index (χ3n) is 3.61. The molecule has 0 radical (unpaired) electrons. The van der Waals surface area contributed by atoms with Crippen LogP contribution in [0.1, 0.15) is 10.4 Å². The lowest BCUT2D eigenvalue weighted by Crippen LogP contribution is -1.95. The number of rotatable bonds is 3. The molecule has 4 rings (SSSR count). The summed E-state index contributed by atoms with van der Waals surface area (Å²) in [5.41, 5.74) is 2.56. The monoisotopic (exact) mass is 305 g/mol. The number of benzene rings is 2.